The van der Waals surface area contributed by atoms with Gasteiger partial charge in [0.05, 0.1) is 23.6 Å². The molecular formula is C14H20N2O5. The lowest BCUT2D eigenvalue weighted by Gasteiger charge is -2.31. The first-order chi connectivity index (χ1) is 9.77. The Morgan fingerprint density at radius 1 is 1.43 bits per heavy atom. The summed E-state index contributed by atoms with van der Waals surface area (Å²) in [4.78, 5) is 23.3. The lowest BCUT2D eigenvalue weighted by Crippen LogP contribution is -2.37. The number of nitrogens with zero attached hydrogens (tertiary/aromatic N) is 2. The molecule has 1 N–H and O–H groups in total. The van der Waals surface area contributed by atoms with Crippen LogP contribution in [0.3, 0.4) is 0 Å². The first-order valence-electron chi connectivity index (χ1n) is 6.59. The summed E-state index contributed by atoms with van der Waals surface area (Å²) in [6, 6.07) is 4.27. The van der Waals surface area contributed by atoms with Crippen LogP contribution in [0.15, 0.2) is 18.2 Å². The molecule has 0 saturated heterocycles. The first-order valence-corrected chi connectivity index (χ1v) is 6.59. The van der Waals surface area contributed by atoms with E-state index in [1.165, 1.54) is 25.3 Å². The second-order valence-corrected chi connectivity index (χ2v) is 5.10. The summed E-state index contributed by atoms with van der Waals surface area (Å²) in [5.41, 5.74) is 0.467. The molecule has 0 radical (unpaired) electrons. The van der Waals surface area contributed by atoms with E-state index in [0.717, 1.165) is 0 Å². The molecule has 1 aromatic rings. The smallest absolute Gasteiger partial charge is 0.308 e. The molecule has 21 heavy (non-hydrogen) atoms. The summed E-state index contributed by atoms with van der Waals surface area (Å²) in [5.74, 6) is -1.03. The molecule has 1 atom stereocenters. The van der Waals surface area contributed by atoms with Crippen molar-refractivity contribution in [2.45, 2.75) is 26.8 Å². The van der Waals surface area contributed by atoms with Crippen molar-refractivity contribution in [2.24, 2.45) is 5.92 Å². The van der Waals surface area contributed by atoms with Gasteiger partial charge in [0.2, 0.25) is 0 Å². The van der Waals surface area contributed by atoms with Gasteiger partial charge in [0, 0.05) is 24.7 Å². The van der Waals surface area contributed by atoms with Gasteiger partial charge in [-0.15, -0.1) is 0 Å². The molecule has 1 rings (SSSR count). The third-order valence-corrected chi connectivity index (χ3v) is 3.20. The number of ether oxygens (including phenoxy) is 1. The van der Waals surface area contributed by atoms with Crippen molar-refractivity contribution in [1.29, 1.82) is 0 Å². The average molecular weight is 296 g/mol. The number of nitro groups is 1. The monoisotopic (exact) mass is 296 g/mol. The molecule has 0 aliphatic carbocycles. The molecular weight excluding hydrogens is 276 g/mol. The van der Waals surface area contributed by atoms with Gasteiger partial charge in [0.25, 0.3) is 5.69 Å². The Morgan fingerprint density at radius 2 is 2.05 bits per heavy atom. The van der Waals surface area contributed by atoms with E-state index in [9.17, 15) is 14.9 Å². The van der Waals surface area contributed by atoms with Crippen molar-refractivity contribution in [3.63, 3.8) is 0 Å². The lowest BCUT2D eigenvalue weighted by atomic mass is 10.1. The van der Waals surface area contributed by atoms with Crippen LogP contribution in [0.25, 0.3) is 0 Å². The highest BCUT2D eigenvalue weighted by Gasteiger charge is 2.23. The van der Waals surface area contributed by atoms with Gasteiger partial charge in [0.15, 0.2) is 0 Å². The van der Waals surface area contributed by atoms with Gasteiger partial charge in [0.1, 0.15) is 5.75 Å². The molecule has 0 saturated carbocycles. The Balaban J connectivity index is 3.25. The van der Waals surface area contributed by atoms with Crippen molar-refractivity contribution < 1.29 is 19.6 Å². The minimum atomic E-state index is -0.912. The molecule has 0 heterocycles. The normalized spacial score (nSPS) is 12.0. The van der Waals surface area contributed by atoms with E-state index in [-0.39, 0.29) is 18.3 Å². The third-order valence-electron chi connectivity index (χ3n) is 3.20. The zero-order chi connectivity index (χ0) is 16.2. The number of hydrogen-bond donors (Lipinski definition) is 1. The number of carboxylic acid groups (broad SMARTS) is 1. The van der Waals surface area contributed by atoms with E-state index in [1.54, 1.807) is 11.8 Å². The molecule has 0 fully saturated rings. The van der Waals surface area contributed by atoms with E-state index >= 15 is 0 Å². The van der Waals surface area contributed by atoms with E-state index in [2.05, 4.69) is 0 Å². The SMILES string of the molecule is COc1ccc([N+](=O)[O-])cc1N(CC(C)C(=O)O)C(C)C. The number of benzene rings is 1. The molecule has 0 bridgehead atoms. The highest BCUT2D eigenvalue weighted by molar-refractivity contribution is 5.71. The zero-order valence-electron chi connectivity index (χ0n) is 12.6. The summed E-state index contributed by atoms with van der Waals surface area (Å²) in [6.45, 7) is 5.63. The van der Waals surface area contributed by atoms with Gasteiger partial charge in [-0.25, -0.2) is 0 Å². The fourth-order valence-corrected chi connectivity index (χ4v) is 1.98. The van der Waals surface area contributed by atoms with Crippen LogP contribution >= 0.6 is 0 Å². The standard InChI is InChI=1S/C14H20N2O5/c1-9(2)15(8-10(3)14(17)18)12-7-11(16(19)20)5-6-13(12)21-4/h5-7,9-10H,8H2,1-4H3,(H,17,18). The quantitative estimate of drug-likeness (QED) is 0.614. The van der Waals surface area contributed by atoms with Gasteiger partial charge in [-0.3, -0.25) is 14.9 Å². The third kappa shape index (κ3) is 4.08. The Morgan fingerprint density at radius 3 is 2.48 bits per heavy atom. The van der Waals surface area contributed by atoms with Crippen LogP contribution in [0, 0.1) is 16.0 Å². The summed E-state index contributed by atoms with van der Waals surface area (Å²) in [6.07, 6.45) is 0. The maximum atomic E-state index is 11.1. The van der Waals surface area contributed by atoms with Crippen LogP contribution in [-0.2, 0) is 4.79 Å². The van der Waals surface area contributed by atoms with Gasteiger partial charge in [-0.2, -0.15) is 0 Å². The Kier molecular flexibility index (Phi) is 5.52. The summed E-state index contributed by atoms with van der Waals surface area (Å²) in [7, 11) is 1.48. The van der Waals surface area contributed by atoms with Crippen molar-refractivity contribution in [3.8, 4) is 5.75 Å². The minimum Gasteiger partial charge on any atom is -0.495 e. The van der Waals surface area contributed by atoms with Crippen LogP contribution in [0.1, 0.15) is 20.8 Å². The van der Waals surface area contributed by atoms with E-state index in [4.69, 9.17) is 9.84 Å². The largest absolute Gasteiger partial charge is 0.495 e. The maximum Gasteiger partial charge on any atom is 0.308 e. The molecule has 1 aromatic carbocycles. The summed E-state index contributed by atoms with van der Waals surface area (Å²) < 4.78 is 5.24. The fraction of sp³-hybridized carbons (Fsp3) is 0.500. The van der Waals surface area contributed by atoms with Gasteiger partial charge >= 0.3 is 5.97 Å². The Bertz CT molecular complexity index is 530. The summed E-state index contributed by atoms with van der Waals surface area (Å²) >= 11 is 0. The highest BCUT2D eigenvalue weighted by atomic mass is 16.6. The van der Waals surface area contributed by atoms with Crippen molar-refractivity contribution >= 4 is 17.3 Å². The van der Waals surface area contributed by atoms with E-state index in [0.29, 0.717) is 11.4 Å². The number of hydrogen-bond acceptors (Lipinski definition) is 5. The molecule has 1 unspecified atom stereocenters. The minimum absolute atomic E-state index is 0.0253. The lowest BCUT2D eigenvalue weighted by molar-refractivity contribution is -0.384. The number of methoxy groups -OCH3 is 1. The molecule has 7 nitrogen and oxygen atoms in total. The number of carbonyl (C=O) groups is 1. The first kappa shape index (κ1) is 16.7. The second kappa shape index (κ2) is 6.92. The van der Waals surface area contributed by atoms with Crippen molar-refractivity contribution in [1.82, 2.24) is 0 Å². The van der Waals surface area contributed by atoms with Crippen LogP contribution in [0.5, 0.6) is 5.75 Å². The van der Waals surface area contributed by atoms with E-state index < -0.39 is 16.8 Å². The van der Waals surface area contributed by atoms with Gasteiger partial charge < -0.3 is 14.7 Å². The van der Waals surface area contributed by atoms with Crippen LogP contribution in [-0.4, -0.2) is 35.7 Å². The molecule has 7 heteroatoms. The fourth-order valence-electron chi connectivity index (χ4n) is 1.98. The maximum absolute atomic E-state index is 11.1. The number of carboxylic acids is 1. The molecule has 0 aliphatic rings. The number of rotatable bonds is 7. The number of non-ortho nitro benzene ring substituents is 1. The van der Waals surface area contributed by atoms with Crippen LogP contribution in [0.2, 0.25) is 0 Å². The zero-order valence-corrected chi connectivity index (χ0v) is 12.6. The van der Waals surface area contributed by atoms with Crippen molar-refractivity contribution in [2.75, 3.05) is 18.6 Å². The molecule has 116 valence electrons. The molecule has 0 aromatic heterocycles. The topological polar surface area (TPSA) is 92.9 Å². The van der Waals surface area contributed by atoms with Gasteiger partial charge in [-0.05, 0) is 19.9 Å². The number of aliphatic carboxylic acids is 1. The number of anilines is 1. The van der Waals surface area contributed by atoms with E-state index in [1.807, 2.05) is 13.8 Å². The Labute approximate surface area is 123 Å². The van der Waals surface area contributed by atoms with Gasteiger partial charge in [-0.1, -0.05) is 6.92 Å². The highest BCUT2D eigenvalue weighted by Crippen LogP contribution is 2.33. The Hall–Kier alpha value is -2.31. The predicted molar refractivity (Wildman–Crippen MR) is 78.9 cm³/mol. The molecule has 0 aliphatic heterocycles. The molecule has 0 amide bonds. The summed E-state index contributed by atoms with van der Waals surface area (Å²) in [5, 5.41) is 20.0. The predicted octanol–water partition coefficient (Wildman–Crippen LogP) is 2.54. The second-order valence-electron chi connectivity index (χ2n) is 5.10. The van der Waals surface area contributed by atoms with Crippen molar-refractivity contribution in [3.05, 3.63) is 28.3 Å². The molecule has 0 spiro atoms. The van der Waals surface area contributed by atoms with Crippen LogP contribution in [0.4, 0.5) is 11.4 Å². The van der Waals surface area contributed by atoms with Crippen LogP contribution < -0.4 is 9.64 Å². The number of nitro benzene ring substituents is 1. The average Bonchev–Trinajstić information content (AvgIpc) is 2.43.